The van der Waals surface area contributed by atoms with Gasteiger partial charge in [0.05, 0.1) is 29.2 Å². The highest BCUT2D eigenvalue weighted by molar-refractivity contribution is 6.10. The van der Waals surface area contributed by atoms with Crippen molar-refractivity contribution in [3.63, 3.8) is 0 Å². The van der Waals surface area contributed by atoms with E-state index in [0.717, 1.165) is 0 Å². The molecule has 3 aromatic rings. The molecule has 0 aliphatic rings. The first-order valence-corrected chi connectivity index (χ1v) is 5.94. The van der Waals surface area contributed by atoms with E-state index >= 15 is 0 Å². The highest BCUT2D eigenvalue weighted by atomic mass is 16.4. The highest BCUT2D eigenvalue weighted by Crippen LogP contribution is 2.15. The van der Waals surface area contributed by atoms with Crippen molar-refractivity contribution in [2.24, 2.45) is 0 Å². The number of nitrogens with one attached hydrogen (secondary N) is 1. The Kier molecular flexibility index (Phi) is 3.03. The second-order valence-electron chi connectivity index (χ2n) is 4.12. The number of nitrogens with zero attached hydrogens (tertiary/aromatic N) is 4. The van der Waals surface area contributed by atoms with Crippen LogP contribution in [-0.2, 0) is 0 Å². The predicted molar refractivity (Wildman–Crippen MR) is 72.1 cm³/mol. The Morgan fingerprint density at radius 1 is 1.24 bits per heavy atom. The van der Waals surface area contributed by atoms with Crippen LogP contribution in [0.25, 0.3) is 5.52 Å². The van der Waals surface area contributed by atoms with Crippen LogP contribution in [0.15, 0.2) is 43.1 Å². The van der Waals surface area contributed by atoms with Crippen LogP contribution in [0.5, 0.6) is 0 Å². The van der Waals surface area contributed by atoms with Gasteiger partial charge in [-0.15, -0.1) is 0 Å². The zero-order valence-electron chi connectivity index (χ0n) is 10.6. The molecule has 2 N–H and O–H groups in total. The van der Waals surface area contributed by atoms with Crippen LogP contribution >= 0.6 is 0 Å². The number of pyridine rings is 1. The number of aromatic carboxylic acids is 1. The van der Waals surface area contributed by atoms with Gasteiger partial charge in [-0.2, -0.15) is 5.10 Å². The number of rotatable bonds is 3. The Morgan fingerprint density at radius 3 is 2.90 bits per heavy atom. The van der Waals surface area contributed by atoms with Gasteiger partial charge in [-0.1, -0.05) is 0 Å². The van der Waals surface area contributed by atoms with Crippen LogP contribution in [0.1, 0.15) is 20.8 Å². The molecule has 104 valence electrons. The first kappa shape index (κ1) is 12.7. The van der Waals surface area contributed by atoms with Gasteiger partial charge in [-0.05, 0) is 12.1 Å². The number of anilines is 1. The average Bonchev–Trinajstić information content (AvgIpc) is 2.91. The van der Waals surface area contributed by atoms with Crippen molar-refractivity contribution >= 4 is 23.1 Å². The van der Waals surface area contributed by atoms with E-state index in [4.69, 9.17) is 5.11 Å². The van der Waals surface area contributed by atoms with E-state index in [-0.39, 0.29) is 11.4 Å². The van der Waals surface area contributed by atoms with E-state index in [2.05, 4.69) is 20.4 Å². The molecule has 21 heavy (non-hydrogen) atoms. The van der Waals surface area contributed by atoms with E-state index < -0.39 is 11.9 Å². The topological polar surface area (TPSA) is 109 Å². The maximum Gasteiger partial charge on any atom is 0.356 e. The lowest BCUT2D eigenvalue weighted by molar-refractivity contribution is 0.0692. The molecule has 0 saturated carbocycles. The molecule has 0 fully saturated rings. The number of carboxylic acid groups (broad SMARTS) is 1. The molecule has 8 heteroatoms. The molecule has 1 amide bonds. The van der Waals surface area contributed by atoms with Crippen molar-refractivity contribution in [3.05, 3.63) is 54.4 Å². The van der Waals surface area contributed by atoms with Crippen LogP contribution in [-0.4, -0.2) is 36.6 Å². The number of fused-ring (bicyclic) bond motifs is 1. The van der Waals surface area contributed by atoms with Crippen LogP contribution in [0.3, 0.4) is 0 Å². The minimum Gasteiger partial charge on any atom is -0.476 e. The van der Waals surface area contributed by atoms with Crippen molar-refractivity contribution in [3.8, 4) is 0 Å². The smallest absolute Gasteiger partial charge is 0.356 e. The zero-order valence-corrected chi connectivity index (χ0v) is 10.6. The van der Waals surface area contributed by atoms with Crippen LogP contribution < -0.4 is 5.32 Å². The van der Waals surface area contributed by atoms with Gasteiger partial charge >= 0.3 is 5.97 Å². The molecule has 0 aliphatic carbocycles. The third-order valence-corrected chi connectivity index (χ3v) is 2.83. The second kappa shape index (κ2) is 5.00. The summed E-state index contributed by atoms with van der Waals surface area (Å²) in [5.41, 5.74) is 0.720. The largest absolute Gasteiger partial charge is 0.476 e. The fraction of sp³-hybridized carbons (Fsp3) is 0. The summed E-state index contributed by atoms with van der Waals surface area (Å²) in [5, 5.41) is 15.6. The molecule has 3 aromatic heterocycles. The Morgan fingerprint density at radius 2 is 2.10 bits per heavy atom. The van der Waals surface area contributed by atoms with Gasteiger partial charge in [-0.3, -0.25) is 9.78 Å². The number of hydrogen-bond acceptors (Lipinski definition) is 5. The molecule has 3 rings (SSSR count). The second-order valence-corrected chi connectivity index (χ2v) is 4.12. The summed E-state index contributed by atoms with van der Waals surface area (Å²) in [4.78, 5) is 31.0. The minimum atomic E-state index is -1.22. The molecular formula is C13H9N5O3. The molecular weight excluding hydrogens is 274 g/mol. The Balaban J connectivity index is 1.96. The first-order chi connectivity index (χ1) is 10.2. The zero-order chi connectivity index (χ0) is 14.8. The molecule has 0 aliphatic heterocycles. The fourth-order valence-corrected chi connectivity index (χ4v) is 1.88. The molecule has 3 heterocycles. The van der Waals surface area contributed by atoms with Crippen molar-refractivity contribution in [2.45, 2.75) is 0 Å². The van der Waals surface area contributed by atoms with Crippen LogP contribution in [0, 0.1) is 0 Å². The normalized spacial score (nSPS) is 10.5. The molecule has 0 aromatic carbocycles. The number of aromatic nitrogens is 4. The molecule has 8 nitrogen and oxygen atoms in total. The van der Waals surface area contributed by atoms with E-state index in [0.29, 0.717) is 11.1 Å². The Bertz CT molecular complexity index is 842. The molecule has 0 unspecified atom stereocenters. The fourth-order valence-electron chi connectivity index (χ4n) is 1.88. The molecule has 0 radical (unpaired) electrons. The number of amides is 1. The van der Waals surface area contributed by atoms with E-state index in [1.165, 1.54) is 29.2 Å². The van der Waals surface area contributed by atoms with Crippen molar-refractivity contribution in [1.29, 1.82) is 0 Å². The Hall–Kier alpha value is -3.29. The first-order valence-electron chi connectivity index (χ1n) is 5.94. The lowest BCUT2D eigenvalue weighted by Crippen LogP contribution is -2.15. The van der Waals surface area contributed by atoms with Crippen molar-refractivity contribution < 1.29 is 14.7 Å². The SMILES string of the molecule is O=C(O)c1ncccc1NC(=O)c1cnn2ccncc12. The van der Waals surface area contributed by atoms with Gasteiger partial charge in [0.2, 0.25) is 0 Å². The molecule has 0 bridgehead atoms. The van der Waals surface area contributed by atoms with E-state index in [1.807, 2.05) is 0 Å². The summed E-state index contributed by atoms with van der Waals surface area (Å²) in [5.74, 6) is -1.69. The summed E-state index contributed by atoms with van der Waals surface area (Å²) in [7, 11) is 0. The maximum atomic E-state index is 12.3. The summed E-state index contributed by atoms with van der Waals surface area (Å²) >= 11 is 0. The highest BCUT2D eigenvalue weighted by Gasteiger charge is 2.17. The van der Waals surface area contributed by atoms with Crippen molar-refractivity contribution in [2.75, 3.05) is 5.32 Å². The number of hydrogen-bond donors (Lipinski definition) is 2. The lowest BCUT2D eigenvalue weighted by atomic mass is 10.2. The van der Waals surface area contributed by atoms with Gasteiger partial charge in [0.1, 0.15) is 0 Å². The number of carboxylic acids is 1. The molecule has 0 saturated heterocycles. The molecule has 0 atom stereocenters. The average molecular weight is 283 g/mol. The standard InChI is InChI=1S/C13H9N5O3/c19-12(8-6-16-18-5-4-14-7-10(8)18)17-9-2-1-3-15-11(9)13(20)21/h1-7H,(H,17,19)(H,20,21). The number of carbonyl (C=O) groups excluding carboxylic acids is 1. The van der Waals surface area contributed by atoms with E-state index in [9.17, 15) is 9.59 Å². The minimum absolute atomic E-state index is 0.123. The third kappa shape index (κ3) is 2.29. The quantitative estimate of drug-likeness (QED) is 0.744. The summed E-state index contributed by atoms with van der Waals surface area (Å²) in [6.07, 6.45) is 7.40. The van der Waals surface area contributed by atoms with Crippen LogP contribution in [0.2, 0.25) is 0 Å². The maximum absolute atomic E-state index is 12.3. The summed E-state index contributed by atoms with van der Waals surface area (Å²) in [6, 6.07) is 3.01. The Labute approximate surface area is 118 Å². The molecule has 0 spiro atoms. The van der Waals surface area contributed by atoms with Gasteiger partial charge in [0, 0.05) is 18.6 Å². The van der Waals surface area contributed by atoms with Gasteiger partial charge in [0.15, 0.2) is 5.69 Å². The van der Waals surface area contributed by atoms with Crippen LogP contribution in [0.4, 0.5) is 5.69 Å². The summed E-state index contributed by atoms with van der Waals surface area (Å²) < 4.78 is 1.50. The lowest BCUT2D eigenvalue weighted by Gasteiger charge is -2.06. The van der Waals surface area contributed by atoms with E-state index in [1.54, 1.807) is 18.5 Å². The third-order valence-electron chi connectivity index (χ3n) is 2.83. The van der Waals surface area contributed by atoms with Gasteiger partial charge in [0.25, 0.3) is 5.91 Å². The van der Waals surface area contributed by atoms with Gasteiger partial charge < -0.3 is 10.4 Å². The summed E-state index contributed by atoms with van der Waals surface area (Å²) in [6.45, 7) is 0. The van der Waals surface area contributed by atoms with Crippen molar-refractivity contribution in [1.82, 2.24) is 19.6 Å². The predicted octanol–water partition coefficient (Wildman–Crippen LogP) is 1.07. The number of carbonyl (C=O) groups is 2. The van der Waals surface area contributed by atoms with Gasteiger partial charge in [-0.25, -0.2) is 14.3 Å². The monoisotopic (exact) mass is 283 g/mol.